The van der Waals surface area contributed by atoms with Crippen LogP contribution in [0.1, 0.15) is 20.3 Å². The highest BCUT2D eigenvalue weighted by molar-refractivity contribution is 5.92. The zero-order valence-corrected chi connectivity index (χ0v) is 6.48. The van der Waals surface area contributed by atoms with Crippen molar-refractivity contribution < 1.29 is 4.79 Å². The lowest BCUT2D eigenvalue weighted by Gasteiger charge is -2.03. The molecule has 0 spiro atoms. The van der Waals surface area contributed by atoms with Gasteiger partial charge in [-0.2, -0.15) is 0 Å². The third kappa shape index (κ3) is 3.12. The second kappa shape index (κ2) is 4.85. The van der Waals surface area contributed by atoms with Gasteiger partial charge in [0, 0.05) is 19.7 Å². The van der Waals surface area contributed by atoms with Crippen LogP contribution >= 0.6 is 0 Å². The highest BCUT2D eigenvalue weighted by Crippen LogP contribution is 1.87. The Balaban J connectivity index is 3.74. The Kier molecular flexibility index (Phi) is 4.37. The summed E-state index contributed by atoms with van der Waals surface area (Å²) in [5.41, 5.74) is 5.67. The van der Waals surface area contributed by atoms with E-state index in [0.717, 1.165) is 13.0 Å². The molecule has 0 aromatic heterocycles. The summed E-state index contributed by atoms with van der Waals surface area (Å²) in [5, 5.41) is 2.91. The molecule has 0 saturated heterocycles. The fourth-order valence-corrected chi connectivity index (χ4v) is 0.560. The molecule has 0 amide bonds. The third-order valence-electron chi connectivity index (χ3n) is 1.11. The molecule has 58 valence electrons. The lowest BCUT2D eigenvalue weighted by Crippen LogP contribution is -2.20. The van der Waals surface area contributed by atoms with Gasteiger partial charge in [0.05, 0.1) is 5.70 Å². The van der Waals surface area contributed by atoms with Crippen molar-refractivity contribution in [3.63, 3.8) is 0 Å². The number of ketones is 1. The highest BCUT2D eigenvalue weighted by atomic mass is 16.1. The maximum atomic E-state index is 10.7. The summed E-state index contributed by atoms with van der Waals surface area (Å²) in [6.07, 6.45) is 2.29. The molecule has 3 heteroatoms. The predicted octanol–water partition coefficient (Wildman–Crippen LogP) is 0.375. The Morgan fingerprint density at radius 3 is 2.60 bits per heavy atom. The Bertz CT molecular complexity index is 141. The molecule has 0 unspecified atom stereocenters. The number of allylic oxidation sites excluding steroid dienone is 1. The Morgan fingerprint density at radius 2 is 2.30 bits per heavy atom. The van der Waals surface area contributed by atoms with Crippen LogP contribution in [0.15, 0.2) is 11.9 Å². The highest BCUT2D eigenvalue weighted by Gasteiger charge is 1.98. The van der Waals surface area contributed by atoms with Gasteiger partial charge in [-0.15, -0.1) is 0 Å². The van der Waals surface area contributed by atoms with Crippen molar-refractivity contribution in [1.29, 1.82) is 0 Å². The quantitative estimate of drug-likeness (QED) is 0.558. The number of hydrogen-bond acceptors (Lipinski definition) is 3. The zero-order valence-electron chi connectivity index (χ0n) is 6.48. The van der Waals surface area contributed by atoms with E-state index in [4.69, 9.17) is 5.73 Å². The van der Waals surface area contributed by atoms with Gasteiger partial charge in [-0.3, -0.25) is 4.79 Å². The average molecular weight is 142 g/mol. The van der Waals surface area contributed by atoms with Gasteiger partial charge in [0.1, 0.15) is 0 Å². The first-order chi connectivity index (χ1) is 4.72. The minimum Gasteiger partial charge on any atom is -0.403 e. The number of carbonyl (C=O) groups is 1. The van der Waals surface area contributed by atoms with Gasteiger partial charge in [-0.05, 0) is 6.42 Å². The maximum absolute atomic E-state index is 10.7. The average Bonchev–Trinajstić information content (AvgIpc) is 1.89. The summed E-state index contributed by atoms with van der Waals surface area (Å²) in [4.78, 5) is 10.7. The van der Waals surface area contributed by atoms with Crippen LogP contribution in [0.3, 0.4) is 0 Å². The topological polar surface area (TPSA) is 55.1 Å². The molecular weight excluding hydrogens is 128 g/mol. The van der Waals surface area contributed by atoms with Crippen LogP contribution in [0.5, 0.6) is 0 Å². The van der Waals surface area contributed by atoms with E-state index in [9.17, 15) is 4.79 Å². The van der Waals surface area contributed by atoms with Crippen LogP contribution in [0.4, 0.5) is 0 Å². The van der Waals surface area contributed by atoms with Crippen molar-refractivity contribution in [3.8, 4) is 0 Å². The van der Waals surface area contributed by atoms with E-state index in [1.807, 2.05) is 6.92 Å². The van der Waals surface area contributed by atoms with E-state index in [2.05, 4.69) is 5.32 Å². The molecule has 0 aliphatic carbocycles. The van der Waals surface area contributed by atoms with E-state index < -0.39 is 0 Å². The number of carbonyl (C=O) groups excluding carboxylic acids is 1. The van der Waals surface area contributed by atoms with E-state index in [1.165, 1.54) is 13.1 Å². The summed E-state index contributed by atoms with van der Waals surface area (Å²) in [7, 11) is 0. The molecule has 0 fully saturated rings. The molecule has 0 radical (unpaired) electrons. The van der Waals surface area contributed by atoms with Gasteiger partial charge in [0.2, 0.25) is 0 Å². The van der Waals surface area contributed by atoms with Crippen LogP contribution < -0.4 is 11.1 Å². The molecule has 0 heterocycles. The Hall–Kier alpha value is -0.990. The van der Waals surface area contributed by atoms with Crippen molar-refractivity contribution >= 4 is 5.78 Å². The van der Waals surface area contributed by atoms with E-state index >= 15 is 0 Å². The largest absolute Gasteiger partial charge is 0.403 e. The second-order valence-electron chi connectivity index (χ2n) is 2.06. The molecule has 0 aliphatic rings. The summed E-state index contributed by atoms with van der Waals surface area (Å²) in [5.74, 6) is -0.0176. The molecule has 0 atom stereocenters. The first-order valence-corrected chi connectivity index (χ1v) is 3.39. The van der Waals surface area contributed by atoms with E-state index in [1.54, 1.807) is 0 Å². The molecule has 0 aromatic rings. The summed E-state index contributed by atoms with van der Waals surface area (Å²) in [6.45, 7) is 4.31. The monoisotopic (exact) mass is 142 g/mol. The van der Waals surface area contributed by atoms with Crippen LogP contribution in [0.2, 0.25) is 0 Å². The van der Waals surface area contributed by atoms with Gasteiger partial charge in [-0.1, -0.05) is 6.92 Å². The van der Waals surface area contributed by atoms with Crippen LogP contribution in [0, 0.1) is 0 Å². The summed E-state index contributed by atoms with van der Waals surface area (Å²) in [6, 6.07) is 0. The van der Waals surface area contributed by atoms with Gasteiger partial charge in [-0.25, -0.2) is 0 Å². The predicted molar refractivity (Wildman–Crippen MR) is 41.2 cm³/mol. The standard InChI is InChI=1S/C7H14N2O/c1-3-4-9-7(5-8)6(2)10/h5,9H,3-4,8H2,1-2H3/b7-5-. The number of Topliss-reactive ketones (excluding diaryl/α,β-unsaturated/α-hetero) is 1. The van der Waals surface area contributed by atoms with Crippen molar-refractivity contribution in [2.45, 2.75) is 20.3 Å². The first-order valence-electron chi connectivity index (χ1n) is 3.39. The van der Waals surface area contributed by atoms with E-state index in [0.29, 0.717) is 5.70 Å². The molecule has 0 saturated carbocycles. The summed E-state index contributed by atoms with van der Waals surface area (Å²) < 4.78 is 0. The van der Waals surface area contributed by atoms with Crippen LogP contribution in [-0.4, -0.2) is 12.3 Å². The van der Waals surface area contributed by atoms with Gasteiger partial charge in [0.15, 0.2) is 5.78 Å². The zero-order chi connectivity index (χ0) is 7.98. The lowest BCUT2D eigenvalue weighted by atomic mass is 10.3. The molecule has 0 aliphatic heterocycles. The first kappa shape index (κ1) is 9.01. The van der Waals surface area contributed by atoms with Crippen LogP contribution in [-0.2, 0) is 4.79 Å². The molecule has 0 aromatic carbocycles. The minimum absolute atomic E-state index is 0.0176. The second-order valence-corrected chi connectivity index (χ2v) is 2.06. The molecule has 3 nitrogen and oxygen atoms in total. The molecule has 3 N–H and O–H groups in total. The minimum atomic E-state index is -0.0176. The molecule has 0 bridgehead atoms. The van der Waals surface area contributed by atoms with Crippen molar-refractivity contribution in [2.75, 3.05) is 6.54 Å². The van der Waals surface area contributed by atoms with E-state index in [-0.39, 0.29) is 5.78 Å². The van der Waals surface area contributed by atoms with Gasteiger partial charge in [0.25, 0.3) is 0 Å². The Labute approximate surface area is 61.3 Å². The normalized spacial score (nSPS) is 11.2. The van der Waals surface area contributed by atoms with Gasteiger partial charge < -0.3 is 11.1 Å². The lowest BCUT2D eigenvalue weighted by molar-refractivity contribution is -0.114. The fraction of sp³-hybridized carbons (Fsp3) is 0.571. The molecule has 0 rings (SSSR count). The van der Waals surface area contributed by atoms with Crippen molar-refractivity contribution in [3.05, 3.63) is 11.9 Å². The SMILES string of the molecule is CCCN/C(=C\N)C(C)=O. The number of rotatable bonds is 4. The summed E-state index contributed by atoms with van der Waals surface area (Å²) >= 11 is 0. The molecule has 10 heavy (non-hydrogen) atoms. The van der Waals surface area contributed by atoms with Gasteiger partial charge >= 0.3 is 0 Å². The smallest absolute Gasteiger partial charge is 0.177 e. The van der Waals surface area contributed by atoms with Crippen molar-refractivity contribution in [1.82, 2.24) is 5.32 Å². The van der Waals surface area contributed by atoms with Crippen molar-refractivity contribution in [2.24, 2.45) is 5.73 Å². The number of nitrogens with two attached hydrogens (primary N) is 1. The van der Waals surface area contributed by atoms with Crippen LogP contribution in [0.25, 0.3) is 0 Å². The molecular formula is C7H14N2O. The third-order valence-corrected chi connectivity index (χ3v) is 1.11. The maximum Gasteiger partial charge on any atom is 0.177 e. The fourth-order valence-electron chi connectivity index (χ4n) is 0.560. The number of hydrogen-bond donors (Lipinski definition) is 2. The number of nitrogens with one attached hydrogen (secondary N) is 1. The Morgan fingerprint density at radius 1 is 1.70 bits per heavy atom.